The molecular formula is C15H27N3O4S. The number of hydrogen-bond acceptors (Lipinski definition) is 5. The fraction of sp³-hybridized carbons (Fsp3) is 0.867. The minimum absolute atomic E-state index is 0.0200. The molecular weight excluding hydrogens is 318 g/mol. The van der Waals surface area contributed by atoms with E-state index in [1.807, 2.05) is 20.8 Å². The molecule has 1 unspecified atom stereocenters. The number of carbonyl (C=O) groups is 1. The van der Waals surface area contributed by atoms with Gasteiger partial charge in [-0.15, -0.1) is 0 Å². The van der Waals surface area contributed by atoms with Gasteiger partial charge in [0.15, 0.2) is 0 Å². The Morgan fingerprint density at radius 1 is 1.35 bits per heavy atom. The number of ether oxygens (including phenoxy) is 1. The summed E-state index contributed by atoms with van der Waals surface area (Å²) in [6, 6.07) is 2.12. The first-order valence-corrected chi connectivity index (χ1v) is 9.35. The van der Waals surface area contributed by atoms with Crippen LogP contribution in [0.2, 0.25) is 0 Å². The Hall–Kier alpha value is -1.33. The largest absolute Gasteiger partial charge is 0.444 e. The minimum Gasteiger partial charge on any atom is -0.444 e. The van der Waals surface area contributed by atoms with Crippen molar-refractivity contribution in [3.05, 3.63) is 0 Å². The summed E-state index contributed by atoms with van der Waals surface area (Å²) in [5, 5.41) is 9.31. The van der Waals surface area contributed by atoms with Crippen LogP contribution in [0.4, 0.5) is 4.79 Å². The van der Waals surface area contributed by atoms with Crippen molar-refractivity contribution < 1.29 is 17.9 Å². The van der Waals surface area contributed by atoms with E-state index in [1.54, 1.807) is 4.90 Å². The van der Waals surface area contributed by atoms with Gasteiger partial charge in [-0.3, -0.25) is 0 Å². The Kier molecular flexibility index (Phi) is 6.42. The second-order valence-electron chi connectivity index (χ2n) is 7.10. The molecule has 0 aliphatic carbocycles. The highest BCUT2D eigenvalue weighted by molar-refractivity contribution is 7.89. The molecule has 1 rings (SSSR count). The highest BCUT2D eigenvalue weighted by Gasteiger charge is 2.33. The van der Waals surface area contributed by atoms with Gasteiger partial charge in [0, 0.05) is 27.2 Å². The molecule has 1 aliphatic rings. The van der Waals surface area contributed by atoms with Crippen molar-refractivity contribution in [2.24, 2.45) is 11.8 Å². The monoisotopic (exact) mass is 345 g/mol. The number of nitriles is 1. The number of likely N-dealkylation sites (tertiary alicyclic amines) is 1. The van der Waals surface area contributed by atoms with Gasteiger partial charge >= 0.3 is 6.09 Å². The Morgan fingerprint density at radius 2 is 1.87 bits per heavy atom. The summed E-state index contributed by atoms with van der Waals surface area (Å²) in [4.78, 5) is 13.6. The van der Waals surface area contributed by atoms with Crippen LogP contribution < -0.4 is 0 Å². The molecule has 0 radical (unpaired) electrons. The van der Waals surface area contributed by atoms with E-state index in [0.29, 0.717) is 25.9 Å². The highest BCUT2D eigenvalue weighted by atomic mass is 32.2. The van der Waals surface area contributed by atoms with Gasteiger partial charge in [-0.2, -0.15) is 5.26 Å². The molecule has 1 fully saturated rings. The average Bonchev–Trinajstić information content (AvgIpc) is 2.43. The van der Waals surface area contributed by atoms with Gasteiger partial charge < -0.3 is 9.64 Å². The molecule has 1 atom stereocenters. The first-order valence-electron chi connectivity index (χ1n) is 7.74. The van der Waals surface area contributed by atoms with E-state index in [2.05, 4.69) is 6.07 Å². The van der Waals surface area contributed by atoms with E-state index in [9.17, 15) is 18.5 Å². The molecule has 132 valence electrons. The van der Waals surface area contributed by atoms with E-state index in [-0.39, 0.29) is 17.8 Å². The summed E-state index contributed by atoms with van der Waals surface area (Å²) in [6.07, 6.45) is 0.867. The van der Waals surface area contributed by atoms with Crippen LogP contribution in [-0.2, 0) is 14.8 Å². The van der Waals surface area contributed by atoms with Crippen molar-refractivity contribution >= 4 is 16.1 Å². The van der Waals surface area contributed by atoms with Gasteiger partial charge in [-0.05, 0) is 39.5 Å². The molecule has 0 aromatic heterocycles. The fourth-order valence-electron chi connectivity index (χ4n) is 2.47. The van der Waals surface area contributed by atoms with Crippen LogP contribution in [0.25, 0.3) is 0 Å². The first kappa shape index (κ1) is 19.7. The van der Waals surface area contributed by atoms with Gasteiger partial charge in [0.1, 0.15) is 5.60 Å². The number of carbonyl (C=O) groups excluding carboxylic acids is 1. The standard InChI is InChI=1S/C15H27N3O4S/c1-15(2,3)22-14(19)18-8-6-12(7-9-18)13(10-16)11-23(20,21)17(4)5/h12-13H,6-9,11H2,1-5H3. The molecule has 1 aliphatic heterocycles. The smallest absolute Gasteiger partial charge is 0.410 e. The molecule has 0 saturated carbocycles. The minimum atomic E-state index is -3.41. The maximum Gasteiger partial charge on any atom is 0.410 e. The van der Waals surface area contributed by atoms with E-state index in [0.717, 1.165) is 4.31 Å². The van der Waals surface area contributed by atoms with Crippen LogP contribution in [0.15, 0.2) is 0 Å². The van der Waals surface area contributed by atoms with Crippen LogP contribution in [-0.4, -0.2) is 62.3 Å². The summed E-state index contributed by atoms with van der Waals surface area (Å²) in [6.45, 7) is 6.42. The molecule has 0 aromatic rings. The number of hydrogen-bond donors (Lipinski definition) is 0. The van der Waals surface area contributed by atoms with Crippen molar-refractivity contribution in [2.45, 2.75) is 39.2 Å². The number of amides is 1. The molecule has 1 amide bonds. The maximum absolute atomic E-state index is 12.0. The van der Waals surface area contributed by atoms with Crippen molar-refractivity contribution in [3.63, 3.8) is 0 Å². The number of rotatable bonds is 4. The van der Waals surface area contributed by atoms with E-state index in [1.165, 1.54) is 14.1 Å². The number of sulfonamides is 1. The SMILES string of the molecule is CN(C)S(=O)(=O)CC(C#N)C1CCN(C(=O)OC(C)(C)C)CC1. The topological polar surface area (TPSA) is 90.7 Å². The summed E-state index contributed by atoms with van der Waals surface area (Å²) in [5.74, 6) is -0.746. The molecule has 1 heterocycles. The average molecular weight is 345 g/mol. The number of nitrogens with zero attached hydrogens (tertiary/aromatic N) is 3. The predicted octanol–water partition coefficient (Wildman–Crippen LogP) is 1.66. The molecule has 7 nitrogen and oxygen atoms in total. The lowest BCUT2D eigenvalue weighted by Gasteiger charge is -2.35. The second kappa shape index (κ2) is 7.49. The van der Waals surface area contributed by atoms with Crippen LogP contribution in [0.3, 0.4) is 0 Å². The van der Waals surface area contributed by atoms with Crippen LogP contribution in [0, 0.1) is 23.2 Å². The fourth-order valence-corrected chi connectivity index (χ4v) is 3.56. The summed E-state index contributed by atoms with van der Waals surface area (Å²) >= 11 is 0. The first-order chi connectivity index (χ1) is 10.5. The lowest BCUT2D eigenvalue weighted by atomic mass is 9.86. The molecule has 1 saturated heterocycles. The van der Waals surface area contributed by atoms with Crippen LogP contribution in [0.1, 0.15) is 33.6 Å². The van der Waals surface area contributed by atoms with E-state index in [4.69, 9.17) is 4.74 Å². The van der Waals surface area contributed by atoms with Crippen molar-refractivity contribution in [1.29, 1.82) is 5.26 Å². The van der Waals surface area contributed by atoms with E-state index < -0.39 is 21.5 Å². The molecule has 8 heteroatoms. The molecule has 0 spiro atoms. The third kappa shape index (κ3) is 5.99. The molecule has 0 aromatic carbocycles. The lowest BCUT2D eigenvalue weighted by molar-refractivity contribution is 0.0172. The Labute approximate surface area is 139 Å². The van der Waals surface area contributed by atoms with Gasteiger partial charge in [0.2, 0.25) is 10.0 Å². The van der Waals surface area contributed by atoms with Crippen molar-refractivity contribution in [1.82, 2.24) is 9.21 Å². The second-order valence-corrected chi connectivity index (χ2v) is 9.33. The molecule has 0 bridgehead atoms. The van der Waals surface area contributed by atoms with Crippen molar-refractivity contribution in [2.75, 3.05) is 32.9 Å². The van der Waals surface area contributed by atoms with Crippen LogP contribution in [0.5, 0.6) is 0 Å². The van der Waals surface area contributed by atoms with Gasteiger partial charge in [-0.25, -0.2) is 17.5 Å². The summed E-state index contributed by atoms with van der Waals surface area (Å²) in [7, 11) is -0.473. The third-order valence-corrected chi connectivity index (χ3v) is 5.77. The zero-order chi connectivity index (χ0) is 17.8. The Balaban J connectivity index is 2.61. The Bertz CT molecular complexity index is 552. The summed E-state index contributed by atoms with van der Waals surface area (Å²) in [5.41, 5.74) is -0.539. The quantitative estimate of drug-likeness (QED) is 0.773. The highest BCUT2D eigenvalue weighted by Crippen LogP contribution is 2.27. The number of piperidine rings is 1. The van der Waals surface area contributed by atoms with Crippen LogP contribution >= 0.6 is 0 Å². The normalized spacial score (nSPS) is 18.6. The van der Waals surface area contributed by atoms with Gasteiger partial charge in [0.05, 0.1) is 17.7 Å². The zero-order valence-electron chi connectivity index (χ0n) is 14.6. The summed E-state index contributed by atoms with van der Waals surface area (Å²) < 4.78 is 30.4. The third-order valence-electron chi connectivity index (χ3n) is 3.87. The van der Waals surface area contributed by atoms with Crippen molar-refractivity contribution in [3.8, 4) is 6.07 Å². The molecule has 23 heavy (non-hydrogen) atoms. The van der Waals surface area contributed by atoms with E-state index >= 15 is 0 Å². The molecule has 0 N–H and O–H groups in total. The Morgan fingerprint density at radius 3 is 2.26 bits per heavy atom. The maximum atomic E-state index is 12.0. The van der Waals surface area contributed by atoms with Gasteiger partial charge in [-0.1, -0.05) is 0 Å². The van der Waals surface area contributed by atoms with Gasteiger partial charge in [0.25, 0.3) is 0 Å². The predicted molar refractivity (Wildman–Crippen MR) is 87.1 cm³/mol. The lowest BCUT2D eigenvalue weighted by Crippen LogP contribution is -2.43. The zero-order valence-corrected chi connectivity index (χ0v) is 15.4.